The van der Waals surface area contributed by atoms with Gasteiger partial charge in [0.25, 0.3) is 0 Å². The largest absolute Gasteiger partial charge is 0.495 e. The summed E-state index contributed by atoms with van der Waals surface area (Å²) in [5.41, 5.74) is 5.27. The lowest BCUT2D eigenvalue weighted by atomic mass is 10.0. The highest BCUT2D eigenvalue weighted by molar-refractivity contribution is 6.37. The fourth-order valence-electron chi connectivity index (χ4n) is 4.55. The van der Waals surface area contributed by atoms with Gasteiger partial charge in [0.15, 0.2) is 0 Å². The van der Waals surface area contributed by atoms with Gasteiger partial charge in [-0.2, -0.15) is 5.26 Å². The number of nitrogens with one attached hydrogen (secondary N) is 1. The van der Waals surface area contributed by atoms with Crippen LogP contribution in [0.3, 0.4) is 0 Å². The maximum atomic E-state index is 9.74. The lowest BCUT2D eigenvalue weighted by molar-refractivity contribution is 0.271. The Morgan fingerprint density at radius 1 is 1.00 bits per heavy atom. The predicted octanol–water partition coefficient (Wildman–Crippen LogP) is 6.37. The van der Waals surface area contributed by atoms with Crippen LogP contribution in [0.5, 0.6) is 5.75 Å². The van der Waals surface area contributed by atoms with Gasteiger partial charge < -0.3 is 19.9 Å². The van der Waals surface area contributed by atoms with Gasteiger partial charge in [-0.25, -0.2) is 0 Å². The number of nitrogens with zero attached hydrogens (tertiary/aromatic N) is 5. The molecule has 7 nitrogen and oxygen atoms in total. The van der Waals surface area contributed by atoms with Crippen molar-refractivity contribution in [1.29, 1.82) is 5.26 Å². The van der Waals surface area contributed by atoms with Gasteiger partial charge in [-0.1, -0.05) is 36.2 Å². The lowest BCUT2D eigenvalue weighted by Crippen LogP contribution is -2.46. The van der Waals surface area contributed by atoms with E-state index < -0.39 is 0 Å². The zero-order valence-corrected chi connectivity index (χ0v) is 22.1. The second kappa shape index (κ2) is 10.8. The molecule has 5 rings (SSSR count). The van der Waals surface area contributed by atoms with Gasteiger partial charge in [0.2, 0.25) is 0 Å². The molecule has 4 aromatic rings. The van der Waals surface area contributed by atoms with Crippen molar-refractivity contribution in [3.63, 3.8) is 0 Å². The van der Waals surface area contributed by atoms with Crippen molar-refractivity contribution in [2.45, 2.75) is 6.92 Å². The van der Waals surface area contributed by atoms with Gasteiger partial charge in [-0.15, -0.1) is 0 Å². The summed E-state index contributed by atoms with van der Waals surface area (Å²) in [6.07, 6.45) is 3.50. The van der Waals surface area contributed by atoms with Gasteiger partial charge in [0.05, 0.1) is 57.2 Å². The number of fused-ring (bicyclic) bond motifs is 1. The molecule has 9 heteroatoms. The number of methoxy groups -OCH3 is 1. The molecule has 0 bridgehead atoms. The highest BCUT2D eigenvalue weighted by Gasteiger charge is 2.17. The second-order valence-corrected chi connectivity index (χ2v) is 9.62. The summed E-state index contributed by atoms with van der Waals surface area (Å²) in [7, 11) is 1.54. The minimum atomic E-state index is 0.399. The Hall–Kier alpha value is -3.57. The van der Waals surface area contributed by atoms with E-state index in [1.807, 2.05) is 30.5 Å². The van der Waals surface area contributed by atoms with Crippen LogP contribution in [0.1, 0.15) is 12.5 Å². The summed E-state index contributed by atoms with van der Waals surface area (Å²) in [4.78, 5) is 14.1. The Kier molecular flexibility index (Phi) is 7.33. The normalized spacial score (nSPS) is 14.0. The number of ether oxygens (including phenoxy) is 1. The quantitative estimate of drug-likeness (QED) is 0.309. The van der Waals surface area contributed by atoms with Crippen LogP contribution in [0.4, 0.5) is 17.1 Å². The van der Waals surface area contributed by atoms with E-state index in [-0.39, 0.29) is 0 Å². The summed E-state index contributed by atoms with van der Waals surface area (Å²) in [5.74, 6) is 0.481. The van der Waals surface area contributed by atoms with E-state index in [2.05, 4.69) is 39.2 Å². The summed E-state index contributed by atoms with van der Waals surface area (Å²) < 4.78 is 5.32. The number of hydrogen-bond donors (Lipinski definition) is 1. The Balaban J connectivity index is 1.45. The minimum Gasteiger partial charge on any atom is -0.495 e. The average molecular weight is 533 g/mol. The fourth-order valence-corrected chi connectivity index (χ4v) is 5.06. The van der Waals surface area contributed by atoms with Crippen LogP contribution in [0.15, 0.2) is 54.9 Å². The summed E-state index contributed by atoms with van der Waals surface area (Å²) in [6.45, 7) is 7.46. The third-order valence-corrected chi connectivity index (χ3v) is 7.33. The molecule has 3 heterocycles. The van der Waals surface area contributed by atoms with Crippen LogP contribution in [0.25, 0.3) is 22.2 Å². The molecule has 2 aromatic carbocycles. The lowest BCUT2D eigenvalue weighted by Gasteiger charge is -2.35. The number of pyridine rings is 2. The number of nitriles is 1. The predicted molar refractivity (Wildman–Crippen MR) is 150 cm³/mol. The maximum absolute atomic E-state index is 9.74. The van der Waals surface area contributed by atoms with Crippen molar-refractivity contribution < 1.29 is 4.74 Å². The van der Waals surface area contributed by atoms with Crippen molar-refractivity contribution in [3.05, 3.63) is 70.5 Å². The smallest absolute Gasteiger partial charge is 0.139 e. The molecular formula is C28H26Cl2N6O. The zero-order valence-electron chi connectivity index (χ0n) is 20.6. The number of rotatable bonds is 6. The van der Waals surface area contributed by atoms with E-state index in [4.69, 9.17) is 32.9 Å². The molecule has 1 saturated heterocycles. The molecule has 37 heavy (non-hydrogen) atoms. The van der Waals surface area contributed by atoms with Crippen molar-refractivity contribution >= 4 is 51.2 Å². The standard InChI is InChI=1S/C28H26Cl2N6O/c1-3-35-8-10-36(11-9-35)20-5-7-24(33-17-20)18-4-6-21-25(12-18)32-16-19(15-31)28(21)34-26-14-27(37-2)23(30)13-22(26)29/h4-7,12-14,16-17H,3,8-11H2,1-2H3,(H,32,34). The summed E-state index contributed by atoms with van der Waals surface area (Å²) >= 11 is 12.6. The molecule has 0 amide bonds. The first-order chi connectivity index (χ1) is 18.0. The van der Waals surface area contributed by atoms with Crippen molar-refractivity contribution in [3.8, 4) is 23.1 Å². The van der Waals surface area contributed by atoms with Crippen LogP contribution < -0.4 is 15.0 Å². The number of benzene rings is 2. The maximum Gasteiger partial charge on any atom is 0.139 e. The number of hydrogen-bond acceptors (Lipinski definition) is 7. The van der Waals surface area contributed by atoms with Crippen molar-refractivity contribution in [2.75, 3.05) is 50.1 Å². The van der Waals surface area contributed by atoms with Crippen LogP contribution in [0.2, 0.25) is 10.0 Å². The second-order valence-electron chi connectivity index (χ2n) is 8.81. The third-order valence-electron chi connectivity index (χ3n) is 6.72. The van der Waals surface area contributed by atoms with E-state index in [0.29, 0.717) is 32.7 Å². The van der Waals surface area contributed by atoms with Crippen LogP contribution in [-0.4, -0.2) is 54.7 Å². The number of likely N-dealkylation sites (N-methyl/N-ethyl adjacent to an activating group) is 1. The van der Waals surface area contributed by atoms with E-state index in [1.54, 1.807) is 18.3 Å². The van der Waals surface area contributed by atoms with Gasteiger partial charge in [0.1, 0.15) is 11.8 Å². The van der Waals surface area contributed by atoms with Crippen LogP contribution in [0, 0.1) is 11.3 Å². The number of aromatic nitrogens is 2. The molecular weight excluding hydrogens is 507 g/mol. The molecule has 1 aliphatic heterocycles. The molecule has 1 fully saturated rings. The molecule has 0 unspecified atom stereocenters. The monoisotopic (exact) mass is 532 g/mol. The Morgan fingerprint density at radius 2 is 1.81 bits per heavy atom. The Labute approximate surface area is 226 Å². The van der Waals surface area contributed by atoms with Crippen molar-refractivity contribution in [2.24, 2.45) is 0 Å². The zero-order chi connectivity index (χ0) is 25.9. The molecule has 1 aliphatic rings. The molecule has 0 saturated carbocycles. The van der Waals surface area contributed by atoms with Crippen molar-refractivity contribution in [1.82, 2.24) is 14.9 Å². The first-order valence-electron chi connectivity index (χ1n) is 12.1. The first-order valence-corrected chi connectivity index (χ1v) is 12.8. The molecule has 188 valence electrons. The van der Waals surface area contributed by atoms with Gasteiger partial charge in [-0.3, -0.25) is 9.97 Å². The van der Waals surface area contributed by atoms with E-state index in [9.17, 15) is 5.26 Å². The van der Waals surface area contributed by atoms with Crippen LogP contribution in [-0.2, 0) is 0 Å². The average Bonchev–Trinajstić information content (AvgIpc) is 2.94. The van der Waals surface area contributed by atoms with Crippen LogP contribution >= 0.6 is 23.2 Å². The van der Waals surface area contributed by atoms with Gasteiger partial charge in [0, 0.05) is 49.4 Å². The van der Waals surface area contributed by atoms with E-state index in [0.717, 1.165) is 60.6 Å². The summed E-state index contributed by atoms with van der Waals surface area (Å²) in [5, 5.41) is 14.6. The third kappa shape index (κ3) is 5.14. The highest BCUT2D eigenvalue weighted by Crippen LogP contribution is 2.38. The number of piperazine rings is 1. The molecule has 0 aliphatic carbocycles. The molecule has 1 N–H and O–H groups in total. The SMILES string of the molecule is CCN1CCN(c2ccc(-c3ccc4c(Nc5cc(OC)c(Cl)cc5Cl)c(C#N)cnc4c3)nc2)CC1. The Bertz CT molecular complexity index is 1480. The van der Waals surface area contributed by atoms with E-state index >= 15 is 0 Å². The highest BCUT2D eigenvalue weighted by atomic mass is 35.5. The minimum absolute atomic E-state index is 0.399. The topological polar surface area (TPSA) is 77.3 Å². The van der Waals surface area contributed by atoms with Gasteiger partial charge >= 0.3 is 0 Å². The molecule has 2 aromatic heterocycles. The molecule has 0 atom stereocenters. The molecule has 0 spiro atoms. The first kappa shape index (κ1) is 25.1. The van der Waals surface area contributed by atoms with Gasteiger partial charge in [-0.05, 0) is 36.9 Å². The molecule has 0 radical (unpaired) electrons. The number of anilines is 3. The summed E-state index contributed by atoms with van der Waals surface area (Å²) in [6, 6.07) is 15.6. The Morgan fingerprint density at radius 3 is 2.49 bits per heavy atom. The van der Waals surface area contributed by atoms with E-state index in [1.165, 1.54) is 7.11 Å². The number of halogens is 2. The fraction of sp³-hybridized carbons (Fsp3) is 0.250.